The molecule has 0 unspecified atom stereocenters. The number of nitrogens with one attached hydrogen (secondary N) is 2. The maximum absolute atomic E-state index is 12.6. The Bertz CT molecular complexity index is 1110. The van der Waals surface area contributed by atoms with Crippen molar-refractivity contribution in [3.8, 4) is 0 Å². The molecule has 0 radical (unpaired) electrons. The standard InChI is InChI=1S/C20H22N4O3S3/c1-20(2,3)17(25)21-18-22-23-19(29-18)30(26,27)24-15-11-9-14(10-12-15)13-28-16-7-5-4-6-8-16/h4-12,24H,13H2,1-3H3,(H,21,22,25). The molecule has 3 rings (SSSR count). The molecule has 2 aromatic carbocycles. The second-order valence-corrected chi connectivity index (χ2v) is 11.4. The summed E-state index contributed by atoms with van der Waals surface area (Å²) in [7, 11) is -3.89. The number of anilines is 2. The van der Waals surface area contributed by atoms with Crippen molar-refractivity contribution in [2.45, 2.75) is 35.8 Å². The molecule has 0 aliphatic rings. The lowest BCUT2D eigenvalue weighted by Crippen LogP contribution is -2.27. The van der Waals surface area contributed by atoms with Gasteiger partial charge in [-0.3, -0.25) is 9.52 Å². The molecule has 0 spiro atoms. The first-order chi connectivity index (χ1) is 14.1. The van der Waals surface area contributed by atoms with Gasteiger partial charge < -0.3 is 5.32 Å². The number of hydrogen-bond acceptors (Lipinski definition) is 7. The first-order valence-corrected chi connectivity index (χ1v) is 12.4. The topological polar surface area (TPSA) is 101 Å². The summed E-state index contributed by atoms with van der Waals surface area (Å²) in [4.78, 5) is 13.2. The summed E-state index contributed by atoms with van der Waals surface area (Å²) in [6, 6.07) is 17.2. The Morgan fingerprint density at radius 1 is 1.03 bits per heavy atom. The zero-order chi connectivity index (χ0) is 21.8. The van der Waals surface area contributed by atoms with Gasteiger partial charge in [-0.25, -0.2) is 0 Å². The van der Waals surface area contributed by atoms with E-state index in [1.54, 1.807) is 44.7 Å². The van der Waals surface area contributed by atoms with Gasteiger partial charge in [0.25, 0.3) is 14.4 Å². The SMILES string of the molecule is CC(C)(C)C(=O)Nc1nnc(S(=O)(=O)Nc2ccc(CSc3ccccc3)cc2)s1. The molecule has 0 bridgehead atoms. The fraction of sp³-hybridized carbons (Fsp3) is 0.250. The Morgan fingerprint density at radius 3 is 2.33 bits per heavy atom. The van der Waals surface area contributed by atoms with Crippen molar-refractivity contribution in [3.63, 3.8) is 0 Å². The van der Waals surface area contributed by atoms with E-state index in [0.717, 1.165) is 22.7 Å². The lowest BCUT2D eigenvalue weighted by atomic mass is 9.96. The smallest absolute Gasteiger partial charge is 0.291 e. The summed E-state index contributed by atoms with van der Waals surface area (Å²) in [6.07, 6.45) is 0. The van der Waals surface area contributed by atoms with Gasteiger partial charge in [-0.1, -0.05) is 62.4 Å². The minimum atomic E-state index is -3.89. The molecule has 10 heteroatoms. The normalized spacial score (nSPS) is 11.8. The maximum Gasteiger partial charge on any atom is 0.291 e. The zero-order valence-electron chi connectivity index (χ0n) is 16.7. The van der Waals surface area contributed by atoms with Crippen molar-refractivity contribution in [1.29, 1.82) is 0 Å². The average molecular weight is 463 g/mol. The maximum atomic E-state index is 12.6. The van der Waals surface area contributed by atoms with Crippen LogP contribution in [0.1, 0.15) is 26.3 Å². The van der Waals surface area contributed by atoms with E-state index in [2.05, 4.69) is 20.2 Å². The lowest BCUT2D eigenvalue weighted by Gasteiger charge is -2.15. The molecule has 1 amide bonds. The third-order valence-electron chi connectivity index (χ3n) is 3.89. The molecule has 1 aromatic heterocycles. The Morgan fingerprint density at radius 2 is 1.70 bits per heavy atom. The van der Waals surface area contributed by atoms with E-state index < -0.39 is 15.4 Å². The highest BCUT2D eigenvalue weighted by atomic mass is 32.2. The van der Waals surface area contributed by atoms with Crippen molar-refractivity contribution in [2.75, 3.05) is 10.0 Å². The van der Waals surface area contributed by atoms with Crippen LogP contribution in [0.15, 0.2) is 63.8 Å². The first kappa shape index (κ1) is 22.3. The van der Waals surface area contributed by atoms with Crippen LogP contribution in [0.5, 0.6) is 0 Å². The zero-order valence-corrected chi connectivity index (χ0v) is 19.2. The minimum absolute atomic E-state index is 0.142. The van der Waals surface area contributed by atoms with Gasteiger partial charge in [-0.2, -0.15) is 8.42 Å². The predicted octanol–water partition coefficient (Wildman–Crippen LogP) is 4.62. The third-order valence-corrected chi connectivity index (χ3v) is 7.56. The van der Waals surface area contributed by atoms with E-state index in [-0.39, 0.29) is 15.4 Å². The molecule has 0 fully saturated rings. The van der Waals surface area contributed by atoms with E-state index in [1.807, 2.05) is 42.5 Å². The second-order valence-electron chi connectivity index (χ2n) is 7.48. The number of thioether (sulfide) groups is 1. The van der Waals surface area contributed by atoms with Crippen LogP contribution in [-0.4, -0.2) is 24.5 Å². The summed E-state index contributed by atoms with van der Waals surface area (Å²) in [5.41, 5.74) is 0.887. The van der Waals surface area contributed by atoms with Crippen LogP contribution < -0.4 is 10.0 Å². The Hall–Kier alpha value is -2.43. The van der Waals surface area contributed by atoms with Crippen LogP contribution in [0.3, 0.4) is 0 Å². The highest BCUT2D eigenvalue weighted by molar-refractivity contribution is 7.98. The average Bonchev–Trinajstić information content (AvgIpc) is 3.17. The Labute approximate surface area is 184 Å². The number of nitrogens with zero attached hydrogens (tertiary/aromatic N) is 2. The lowest BCUT2D eigenvalue weighted by molar-refractivity contribution is -0.123. The number of hydrogen-bond donors (Lipinski definition) is 2. The van der Waals surface area contributed by atoms with Gasteiger partial charge in [-0.15, -0.1) is 22.0 Å². The quantitative estimate of drug-likeness (QED) is 0.393. The summed E-state index contributed by atoms with van der Waals surface area (Å²) >= 11 is 2.51. The molecule has 7 nitrogen and oxygen atoms in total. The number of carbonyl (C=O) groups is 1. The van der Waals surface area contributed by atoms with Crippen LogP contribution in [0.2, 0.25) is 0 Å². The number of aromatic nitrogens is 2. The number of rotatable bonds is 7. The van der Waals surface area contributed by atoms with Crippen molar-refractivity contribution in [2.24, 2.45) is 5.41 Å². The number of amides is 1. The third kappa shape index (κ3) is 6.04. The molecular formula is C20H22N4O3S3. The highest BCUT2D eigenvalue weighted by Crippen LogP contribution is 2.26. The molecule has 0 aliphatic heterocycles. The molecule has 0 aliphatic carbocycles. The molecule has 30 heavy (non-hydrogen) atoms. The van der Waals surface area contributed by atoms with Crippen LogP contribution >= 0.6 is 23.1 Å². The fourth-order valence-electron chi connectivity index (χ4n) is 2.20. The predicted molar refractivity (Wildman–Crippen MR) is 121 cm³/mol. The molecule has 158 valence electrons. The molecular weight excluding hydrogens is 440 g/mol. The van der Waals surface area contributed by atoms with Gasteiger partial charge in [0, 0.05) is 21.8 Å². The van der Waals surface area contributed by atoms with Crippen molar-refractivity contribution >= 4 is 49.8 Å². The molecule has 3 aromatic rings. The summed E-state index contributed by atoms with van der Waals surface area (Å²) < 4.78 is 27.4. The largest absolute Gasteiger partial charge is 0.300 e. The molecule has 1 heterocycles. The van der Waals surface area contributed by atoms with Crippen LogP contribution in [0, 0.1) is 5.41 Å². The molecule has 0 saturated carbocycles. The van der Waals surface area contributed by atoms with E-state index >= 15 is 0 Å². The fourth-order valence-corrected chi connectivity index (χ4v) is 5.04. The van der Waals surface area contributed by atoms with E-state index in [4.69, 9.17) is 0 Å². The van der Waals surface area contributed by atoms with Gasteiger partial charge in [0.15, 0.2) is 0 Å². The van der Waals surface area contributed by atoms with Gasteiger partial charge in [0.2, 0.25) is 11.0 Å². The van der Waals surface area contributed by atoms with Crippen molar-refractivity contribution in [1.82, 2.24) is 10.2 Å². The number of benzene rings is 2. The summed E-state index contributed by atoms with van der Waals surface area (Å²) in [6.45, 7) is 5.26. The monoisotopic (exact) mass is 462 g/mol. The highest BCUT2D eigenvalue weighted by Gasteiger charge is 2.25. The van der Waals surface area contributed by atoms with Crippen molar-refractivity contribution < 1.29 is 13.2 Å². The minimum Gasteiger partial charge on any atom is -0.300 e. The first-order valence-electron chi connectivity index (χ1n) is 9.08. The van der Waals surface area contributed by atoms with Crippen LogP contribution in [-0.2, 0) is 20.6 Å². The van der Waals surface area contributed by atoms with Crippen LogP contribution in [0.25, 0.3) is 0 Å². The van der Waals surface area contributed by atoms with E-state index in [1.165, 1.54) is 4.90 Å². The van der Waals surface area contributed by atoms with Crippen molar-refractivity contribution in [3.05, 3.63) is 60.2 Å². The van der Waals surface area contributed by atoms with E-state index in [9.17, 15) is 13.2 Å². The molecule has 0 atom stereocenters. The molecule has 2 N–H and O–H groups in total. The number of sulfonamides is 1. The van der Waals surface area contributed by atoms with Gasteiger partial charge in [0.05, 0.1) is 0 Å². The Kier molecular flexibility index (Phi) is 6.79. The molecule has 0 saturated heterocycles. The van der Waals surface area contributed by atoms with E-state index in [0.29, 0.717) is 5.69 Å². The van der Waals surface area contributed by atoms with Crippen LogP contribution in [0.4, 0.5) is 10.8 Å². The van der Waals surface area contributed by atoms with Gasteiger partial charge in [0.1, 0.15) is 0 Å². The van der Waals surface area contributed by atoms with Gasteiger partial charge in [-0.05, 0) is 29.8 Å². The number of carbonyl (C=O) groups excluding carboxylic acids is 1. The Balaban J connectivity index is 1.62. The second kappa shape index (κ2) is 9.15. The van der Waals surface area contributed by atoms with Gasteiger partial charge >= 0.3 is 0 Å². The summed E-state index contributed by atoms with van der Waals surface area (Å²) in [5.74, 6) is 0.518. The summed E-state index contributed by atoms with van der Waals surface area (Å²) in [5, 5.41) is 10.2.